The van der Waals surface area contributed by atoms with Crippen molar-refractivity contribution in [3.05, 3.63) is 48.3 Å². The summed E-state index contributed by atoms with van der Waals surface area (Å²) >= 11 is 0. The molecule has 2 aromatic carbocycles. The summed E-state index contributed by atoms with van der Waals surface area (Å²) in [6.45, 7) is 13.3. The zero-order valence-electron chi connectivity index (χ0n) is 22.9. The molecule has 0 spiro atoms. The standard InChI is InChI=1S/C31H43N5O/c1-23(2)34-14-16-36(17-15-34)27-6-4-24(5-7-27)26-20-29(31-30(21-26)33(3)22-32-31)25-8-12-35(13-9-25)28-10-18-37-19-11-28/h4-7,20-23,25,28H,8-19H2,1-3H3. The first-order valence-corrected chi connectivity index (χ1v) is 14.4. The summed E-state index contributed by atoms with van der Waals surface area (Å²) in [5.74, 6) is 0.574. The Bertz CT molecular complexity index is 1180. The molecule has 0 aliphatic carbocycles. The maximum Gasteiger partial charge on any atom is 0.0955 e. The summed E-state index contributed by atoms with van der Waals surface area (Å²) in [6, 6.07) is 15.4. The van der Waals surface area contributed by atoms with Crippen molar-refractivity contribution >= 4 is 16.7 Å². The van der Waals surface area contributed by atoms with Crippen molar-refractivity contribution in [1.29, 1.82) is 0 Å². The van der Waals surface area contributed by atoms with Gasteiger partial charge in [0.2, 0.25) is 0 Å². The van der Waals surface area contributed by atoms with Crippen molar-refractivity contribution in [3.8, 4) is 11.1 Å². The Kier molecular flexibility index (Phi) is 7.24. The summed E-state index contributed by atoms with van der Waals surface area (Å²) in [5, 5.41) is 0. The normalized spacial score (nSPS) is 21.4. The van der Waals surface area contributed by atoms with Crippen LogP contribution >= 0.6 is 0 Å². The number of hydrogen-bond donors (Lipinski definition) is 0. The van der Waals surface area contributed by atoms with Crippen LogP contribution in [0.1, 0.15) is 51.0 Å². The number of benzene rings is 2. The van der Waals surface area contributed by atoms with Gasteiger partial charge in [-0.2, -0.15) is 0 Å². The van der Waals surface area contributed by atoms with E-state index in [1.807, 2.05) is 6.33 Å². The van der Waals surface area contributed by atoms with Gasteiger partial charge in [0.25, 0.3) is 0 Å². The molecule has 37 heavy (non-hydrogen) atoms. The van der Waals surface area contributed by atoms with Crippen LogP contribution in [0.15, 0.2) is 42.7 Å². The Morgan fingerprint density at radius 2 is 1.54 bits per heavy atom. The zero-order chi connectivity index (χ0) is 25.4. The quantitative estimate of drug-likeness (QED) is 0.485. The highest BCUT2D eigenvalue weighted by Gasteiger charge is 2.29. The van der Waals surface area contributed by atoms with Gasteiger partial charge in [-0.25, -0.2) is 4.98 Å². The molecule has 0 atom stereocenters. The highest BCUT2D eigenvalue weighted by Crippen LogP contribution is 2.37. The first-order valence-electron chi connectivity index (χ1n) is 14.4. The minimum absolute atomic E-state index is 0.574. The van der Waals surface area contributed by atoms with Crippen LogP contribution in [0.2, 0.25) is 0 Å². The van der Waals surface area contributed by atoms with Crippen LogP contribution in [0.25, 0.3) is 22.2 Å². The predicted octanol–water partition coefficient (Wildman–Crippen LogP) is 5.13. The maximum atomic E-state index is 5.60. The summed E-state index contributed by atoms with van der Waals surface area (Å²) in [4.78, 5) is 12.7. The third kappa shape index (κ3) is 5.16. The minimum Gasteiger partial charge on any atom is -0.381 e. The number of imidazole rings is 1. The molecule has 3 aliphatic heterocycles. The van der Waals surface area contributed by atoms with E-state index in [-0.39, 0.29) is 0 Å². The number of likely N-dealkylation sites (tertiary alicyclic amines) is 1. The average molecular weight is 502 g/mol. The van der Waals surface area contributed by atoms with E-state index in [0.29, 0.717) is 18.0 Å². The lowest BCUT2D eigenvalue weighted by atomic mass is 9.86. The molecule has 6 heteroatoms. The monoisotopic (exact) mass is 501 g/mol. The summed E-state index contributed by atoms with van der Waals surface area (Å²) < 4.78 is 7.78. The zero-order valence-corrected chi connectivity index (χ0v) is 22.9. The molecule has 0 N–H and O–H groups in total. The van der Waals surface area contributed by atoms with Crippen molar-refractivity contribution in [3.63, 3.8) is 0 Å². The number of nitrogens with zero attached hydrogens (tertiary/aromatic N) is 5. The predicted molar refractivity (Wildman–Crippen MR) is 152 cm³/mol. The molecule has 3 saturated heterocycles. The molecular weight excluding hydrogens is 458 g/mol. The lowest BCUT2D eigenvalue weighted by Gasteiger charge is -2.39. The lowest BCUT2D eigenvalue weighted by Crippen LogP contribution is -2.48. The molecule has 0 unspecified atom stereocenters. The number of rotatable bonds is 5. The molecule has 0 saturated carbocycles. The fourth-order valence-electron chi connectivity index (χ4n) is 6.72. The van der Waals surface area contributed by atoms with E-state index in [4.69, 9.17) is 9.72 Å². The van der Waals surface area contributed by atoms with E-state index in [1.165, 1.54) is 72.2 Å². The number of fused-ring (bicyclic) bond motifs is 1. The van der Waals surface area contributed by atoms with Crippen molar-refractivity contribution in [2.75, 3.05) is 57.4 Å². The van der Waals surface area contributed by atoms with Crippen molar-refractivity contribution in [2.24, 2.45) is 7.05 Å². The van der Waals surface area contributed by atoms with Crippen molar-refractivity contribution in [2.45, 2.75) is 57.5 Å². The van der Waals surface area contributed by atoms with Gasteiger partial charge in [-0.1, -0.05) is 12.1 Å². The SMILES string of the molecule is CC(C)N1CCN(c2ccc(-c3cc(C4CCN(C5CCOCC5)CC4)c4ncn(C)c4c3)cc2)CC1. The number of anilines is 1. The Morgan fingerprint density at radius 3 is 2.22 bits per heavy atom. The largest absolute Gasteiger partial charge is 0.381 e. The first-order chi connectivity index (χ1) is 18.1. The molecule has 3 fully saturated rings. The Labute approximate surface area is 222 Å². The first kappa shape index (κ1) is 24.9. The van der Waals surface area contributed by atoms with Gasteiger partial charge in [0.15, 0.2) is 0 Å². The number of hydrogen-bond acceptors (Lipinski definition) is 5. The van der Waals surface area contributed by atoms with Crippen LogP contribution in [0.3, 0.4) is 0 Å². The molecule has 4 heterocycles. The number of ether oxygens (including phenoxy) is 1. The molecule has 0 radical (unpaired) electrons. The van der Waals surface area contributed by atoms with Crippen LogP contribution < -0.4 is 4.90 Å². The summed E-state index contributed by atoms with van der Waals surface area (Å²) in [5.41, 5.74) is 7.83. The van der Waals surface area contributed by atoms with Gasteiger partial charge in [-0.15, -0.1) is 0 Å². The summed E-state index contributed by atoms with van der Waals surface area (Å²) in [7, 11) is 2.12. The fourth-order valence-corrected chi connectivity index (χ4v) is 6.72. The third-order valence-electron chi connectivity index (χ3n) is 9.15. The van der Waals surface area contributed by atoms with Crippen LogP contribution in [0.4, 0.5) is 5.69 Å². The maximum absolute atomic E-state index is 5.60. The van der Waals surface area contributed by atoms with E-state index in [0.717, 1.165) is 39.4 Å². The van der Waals surface area contributed by atoms with Crippen LogP contribution in [-0.2, 0) is 11.8 Å². The van der Waals surface area contributed by atoms with Crippen LogP contribution in [0, 0.1) is 0 Å². The minimum atomic E-state index is 0.574. The lowest BCUT2D eigenvalue weighted by molar-refractivity contribution is 0.0252. The molecule has 6 rings (SSSR count). The molecular formula is C31H43N5O. The van der Waals surface area contributed by atoms with Crippen LogP contribution in [0.5, 0.6) is 0 Å². The summed E-state index contributed by atoms with van der Waals surface area (Å²) in [6.07, 6.45) is 6.79. The second-order valence-corrected chi connectivity index (χ2v) is 11.6. The van der Waals surface area contributed by atoms with Gasteiger partial charge < -0.3 is 19.1 Å². The van der Waals surface area contributed by atoms with E-state index in [2.05, 4.69) is 76.6 Å². The van der Waals surface area contributed by atoms with E-state index < -0.39 is 0 Å². The third-order valence-corrected chi connectivity index (χ3v) is 9.15. The van der Waals surface area contributed by atoms with E-state index in [1.54, 1.807) is 0 Å². The molecule has 0 amide bonds. The van der Waals surface area contributed by atoms with Gasteiger partial charge >= 0.3 is 0 Å². The van der Waals surface area contributed by atoms with Crippen molar-refractivity contribution < 1.29 is 4.74 Å². The van der Waals surface area contributed by atoms with Gasteiger partial charge in [-0.05, 0) is 99.5 Å². The topological polar surface area (TPSA) is 36.8 Å². The number of aryl methyl sites for hydroxylation is 1. The van der Waals surface area contributed by atoms with E-state index >= 15 is 0 Å². The molecule has 6 nitrogen and oxygen atoms in total. The fraction of sp³-hybridized carbons (Fsp3) is 0.581. The molecule has 0 bridgehead atoms. The average Bonchev–Trinajstić information content (AvgIpc) is 3.34. The molecule has 198 valence electrons. The molecule has 3 aromatic rings. The van der Waals surface area contributed by atoms with Crippen LogP contribution in [-0.4, -0.2) is 83.9 Å². The van der Waals surface area contributed by atoms with Gasteiger partial charge in [0.1, 0.15) is 0 Å². The smallest absolute Gasteiger partial charge is 0.0955 e. The van der Waals surface area contributed by atoms with Gasteiger partial charge in [-0.3, -0.25) is 4.90 Å². The van der Waals surface area contributed by atoms with Gasteiger partial charge in [0.05, 0.1) is 17.4 Å². The molecule has 3 aliphatic rings. The number of aromatic nitrogens is 2. The highest BCUT2D eigenvalue weighted by atomic mass is 16.5. The second-order valence-electron chi connectivity index (χ2n) is 11.6. The molecule has 1 aromatic heterocycles. The number of piperidine rings is 1. The van der Waals surface area contributed by atoms with Gasteiger partial charge in [0, 0.05) is 64.2 Å². The van der Waals surface area contributed by atoms with E-state index in [9.17, 15) is 0 Å². The number of piperazine rings is 1. The second kappa shape index (κ2) is 10.8. The highest BCUT2D eigenvalue weighted by molar-refractivity contribution is 5.86. The van der Waals surface area contributed by atoms with Crippen molar-refractivity contribution in [1.82, 2.24) is 19.4 Å². The Morgan fingerprint density at radius 1 is 0.838 bits per heavy atom. The Hall–Kier alpha value is -2.41. The Balaban J connectivity index is 1.21.